The summed E-state index contributed by atoms with van der Waals surface area (Å²) in [6.07, 6.45) is 0. The van der Waals surface area contributed by atoms with Crippen molar-refractivity contribution in [3.63, 3.8) is 0 Å². The van der Waals surface area contributed by atoms with E-state index in [0.717, 1.165) is 10.9 Å². The molecule has 0 saturated carbocycles. The lowest BCUT2D eigenvalue weighted by molar-refractivity contribution is -0.144. The smallest absolute Gasteiger partial charge is 0.344 e. The molecule has 144 valence electrons. The quantitative estimate of drug-likeness (QED) is 0.337. The molecule has 0 amide bonds. The van der Waals surface area contributed by atoms with Crippen LogP contribution in [0.15, 0.2) is 51.7 Å². The summed E-state index contributed by atoms with van der Waals surface area (Å²) in [4.78, 5) is 35.4. The van der Waals surface area contributed by atoms with Gasteiger partial charge in [0.2, 0.25) is 5.78 Å². The van der Waals surface area contributed by atoms with Crippen LogP contribution in [0.5, 0.6) is 5.75 Å². The highest BCUT2D eigenvalue weighted by Crippen LogP contribution is 2.23. The Morgan fingerprint density at radius 2 is 1.82 bits per heavy atom. The van der Waals surface area contributed by atoms with E-state index in [-0.39, 0.29) is 10.6 Å². The van der Waals surface area contributed by atoms with Crippen LogP contribution in [-0.4, -0.2) is 25.0 Å². The summed E-state index contributed by atoms with van der Waals surface area (Å²) in [6, 6.07) is 10.7. The second-order valence-corrected chi connectivity index (χ2v) is 6.75. The Hall–Kier alpha value is -2.83. The maximum atomic E-state index is 12.1. The van der Waals surface area contributed by atoms with Gasteiger partial charge in [0.15, 0.2) is 13.2 Å². The topological polar surface area (TPSA) is 82.8 Å². The van der Waals surface area contributed by atoms with Crippen molar-refractivity contribution in [2.45, 2.75) is 6.92 Å². The average molecular weight is 421 g/mol. The molecular formula is C20H14Cl2O6. The molecule has 0 saturated heterocycles. The molecule has 0 aliphatic heterocycles. The maximum absolute atomic E-state index is 12.1. The van der Waals surface area contributed by atoms with Gasteiger partial charge in [0.25, 0.3) is 0 Å². The third-order valence-electron chi connectivity index (χ3n) is 3.87. The number of rotatable bonds is 6. The fourth-order valence-electron chi connectivity index (χ4n) is 2.51. The number of halogens is 2. The van der Waals surface area contributed by atoms with Crippen molar-refractivity contribution >= 4 is 45.9 Å². The van der Waals surface area contributed by atoms with E-state index >= 15 is 0 Å². The molecule has 1 aromatic heterocycles. The van der Waals surface area contributed by atoms with Crippen molar-refractivity contribution in [3.05, 3.63) is 74.1 Å². The molecule has 0 spiro atoms. The number of ether oxygens (including phenoxy) is 2. The first-order chi connectivity index (χ1) is 13.3. The summed E-state index contributed by atoms with van der Waals surface area (Å²) in [5.74, 6) is -0.900. The molecule has 0 aliphatic rings. The predicted octanol–water partition coefficient (Wildman–Crippen LogP) is 4.21. The molecule has 3 aromatic rings. The molecule has 1 heterocycles. The molecule has 28 heavy (non-hydrogen) atoms. The lowest BCUT2D eigenvalue weighted by Crippen LogP contribution is -2.19. The van der Waals surface area contributed by atoms with Crippen LogP contribution in [0, 0.1) is 6.92 Å². The Bertz CT molecular complexity index is 1120. The van der Waals surface area contributed by atoms with Crippen molar-refractivity contribution in [1.82, 2.24) is 0 Å². The average Bonchev–Trinajstić information content (AvgIpc) is 2.65. The minimum Gasteiger partial charge on any atom is -0.482 e. The minimum atomic E-state index is -0.739. The van der Waals surface area contributed by atoms with Gasteiger partial charge in [-0.25, -0.2) is 9.59 Å². The monoisotopic (exact) mass is 420 g/mol. The second-order valence-electron chi connectivity index (χ2n) is 5.90. The SMILES string of the molecule is Cc1cc(=O)oc2cc(OCC(=O)OCC(=O)c3cc(Cl)ccc3Cl)ccc12. The molecule has 0 N–H and O–H groups in total. The van der Waals surface area contributed by atoms with Gasteiger partial charge in [0.05, 0.1) is 5.02 Å². The van der Waals surface area contributed by atoms with Crippen molar-refractivity contribution < 1.29 is 23.5 Å². The Morgan fingerprint density at radius 3 is 2.61 bits per heavy atom. The molecule has 0 unspecified atom stereocenters. The fraction of sp³-hybridized carbons (Fsp3) is 0.150. The first-order valence-electron chi connectivity index (χ1n) is 8.14. The molecule has 6 nitrogen and oxygen atoms in total. The Balaban J connectivity index is 1.58. The second kappa shape index (κ2) is 8.46. The van der Waals surface area contributed by atoms with E-state index in [9.17, 15) is 14.4 Å². The summed E-state index contributed by atoms with van der Waals surface area (Å²) in [5, 5.41) is 1.33. The number of esters is 1. The van der Waals surface area contributed by atoms with Gasteiger partial charge in [-0.1, -0.05) is 23.2 Å². The van der Waals surface area contributed by atoms with Crippen molar-refractivity contribution in [1.29, 1.82) is 0 Å². The molecule has 2 aromatic carbocycles. The van der Waals surface area contributed by atoms with Gasteiger partial charge >= 0.3 is 11.6 Å². The van der Waals surface area contributed by atoms with E-state index in [4.69, 9.17) is 37.1 Å². The normalized spacial score (nSPS) is 10.7. The van der Waals surface area contributed by atoms with Crippen LogP contribution >= 0.6 is 23.2 Å². The van der Waals surface area contributed by atoms with Crippen molar-refractivity contribution in [3.8, 4) is 5.75 Å². The lowest BCUT2D eigenvalue weighted by atomic mass is 10.1. The van der Waals surface area contributed by atoms with Crippen LogP contribution in [0.4, 0.5) is 0 Å². The number of hydrogen-bond donors (Lipinski definition) is 0. The van der Waals surface area contributed by atoms with Crippen LogP contribution in [0.2, 0.25) is 10.0 Å². The van der Waals surface area contributed by atoms with Gasteiger partial charge in [-0.15, -0.1) is 0 Å². The first kappa shape index (κ1) is 19.9. The summed E-state index contributed by atoms with van der Waals surface area (Å²) < 4.78 is 15.4. The minimum absolute atomic E-state index is 0.169. The molecule has 0 aliphatic carbocycles. The van der Waals surface area contributed by atoms with E-state index in [1.165, 1.54) is 24.3 Å². The Labute approximate surface area is 169 Å². The summed E-state index contributed by atoms with van der Waals surface area (Å²) in [5.41, 5.74) is 0.819. The van der Waals surface area contributed by atoms with E-state index in [1.54, 1.807) is 25.1 Å². The molecule has 0 radical (unpaired) electrons. The number of carbonyl (C=O) groups excluding carboxylic acids is 2. The third kappa shape index (κ3) is 4.71. The number of Topliss-reactive ketones (excluding diaryl/α,β-unsaturated/α-hetero) is 1. The predicted molar refractivity (Wildman–Crippen MR) is 104 cm³/mol. The van der Waals surface area contributed by atoms with Gasteiger partial charge in [0.1, 0.15) is 11.3 Å². The van der Waals surface area contributed by atoms with E-state index in [2.05, 4.69) is 0 Å². The van der Waals surface area contributed by atoms with Gasteiger partial charge < -0.3 is 13.9 Å². The highest BCUT2D eigenvalue weighted by Gasteiger charge is 2.14. The zero-order valence-corrected chi connectivity index (χ0v) is 16.2. The molecular weight excluding hydrogens is 407 g/mol. The summed E-state index contributed by atoms with van der Waals surface area (Å²) >= 11 is 11.8. The number of fused-ring (bicyclic) bond motifs is 1. The highest BCUT2D eigenvalue weighted by molar-refractivity contribution is 6.36. The number of carbonyl (C=O) groups is 2. The zero-order chi connectivity index (χ0) is 20.3. The van der Waals surface area contributed by atoms with Crippen LogP contribution in [0.3, 0.4) is 0 Å². The van der Waals surface area contributed by atoms with Gasteiger partial charge in [0, 0.05) is 28.1 Å². The standard InChI is InChI=1S/C20H14Cl2O6/c1-11-6-19(24)28-18-8-13(3-4-14(11)18)26-10-20(25)27-9-17(23)15-7-12(21)2-5-16(15)22/h2-8H,9-10H2,1H3. The molecule has 3 rings (SSSR count). The number of ketones is 1. The largest absolute Gasteiger partial charge is 0.482 e. The molecule has 0 atom stereocenters. The zero-order valence-electron chi connectivity index (χ0n) is 14.7. The Kier molecular flexibility index (Phi) is 6.02. The maximum Gasteiger partial charge on any atom is 0.344 e. The third-order valence-corrected chi connectivity index (χ3v) is 4.44. The molecule has 0 fully saturated rings. The number of aryl methyl sites for hydroxylation is 1. The summed E-state index contributed by atoms with van der Waals surface area (Å²) in [6.45, 7) is 0.881. The van der Waals surface area contributed by atoms with Gasteiger partial charge in [-0.05, 0) is 42.8 Å². The van der Waals surface area contributed by atoms with Crippen molar-refractivity contribution in [2.75, 3.05) is 13.2 Å². The highest BCUT2D eigenvalue weighted by atomic mass is 35.5. The van der Waals surface area contributed by atoms with Crippen molar-refractivity contribution in [2.24, 2.45) is 0 Å². The lowest BCUT2D eigenvalue weighted by Gasteiger charge is -2.08. The van der Waals surface area contributed by atoms with Crippen LogP contribution in [-0.2, 0) is 9.53 Å². The first-order valence-corrected chi connectivity index (χ1v) is 8.90. The fourth-order valence-corrected chi connectivity index (χ4v) is 2.91. The van der Waals surface area contributed by atoms with E-state index in [0.29, 0.717) is 16.4 Å². The van der Waals surface area contributed by atoms with Crippen LogP contribution in [0.25, 0.3) is 11.0 Å². The van der Waals surface area contributed by atoms with E-state index in [1.807, 2.05) is 0 Å². The van der Waals surface area contributed by atoms with E-state index < -0.39 is 30.6 Å². The molecule has 0 bridgehead atoms. The summed E-state index contributed by atoms with van der Waals surface area (Å²) in [7, 11) is 0. The number of hydrogen-bond acceptors (Lipinski definition) is 6. The van der Waals surface area contributed by atoms with Gasteiger partial charge in [-0.3, -0.25) is 4.79 Å². The number of benzene rings is 2. The van der Waals surface area contributed by atoms with Gasteiger partial charge in [-0.2, -0.15) is 0 Å². The van der Waals surface area contributed by atoms with Crippen LogP contribution < -0.4 is 10.4 Å². The van der Waals surface area contributed by atoms with Crippen LogP contribution in [0.1, 0.15) is 15.9 Å². The molecule has 8 heteroatoms. The Morgan fingerprint density at radius 1 is 1.04 bits per heavy atom.